The summed E-state index contributed by atoms with van der Waals surface area (Å²) in [6.45, 7) is 5.76. The molecule has 0 aromatic carbocycles. The van der Waals surface area contributed by atoms with Gasteiger partial charge in [0.25, 0.3) is 0 Å². The Kier molecular flexibility index (Phi) is 4.97. The number of rotatable bonds is 5. The first-order valence-electron chi connectivity index (χ1n) is 8.99. The summed E-state index contributed by atoms with van der Waals surface area (Å²) in [6, 6.07) is 1.89. The van der Waals surface area contributed by atoms with Crippen LogP contribution in [-0.2, 0) is 11.3 Å². The highest BCUT2D eigenvalue weighted by atomic mass is 32.1. The minimum Gasteiger partial charge on any atom is -0.355 e. The van der Waals surface area contributed by atoms with Gasteiger partial charge in [-0.05, 0) is 31.3 Å². The van der Waals surface area contributed by atoms with Crippen molar-refractivity contribution in [2.75, 3.05) is 13.1 Å². The maximum Gasteiger partial charge on any atom is 0.227 e. The molecule has 0 bridgehead atoms. The molecule has 10 heteroatoms. The van der Waals surface area contributed by atoms with Crippen LogP contribution < -0.4 is 0 Å². The van der Waals surface area contributed by atoms with Gasteiger partial charge in [-0.3, -0.25) is 9.48 Å². The van der Waals surface area contributed by atoms with Crippen molar-refractivity contribution in [3.8, 4) is 10.6 Å². The van der Waals surface area contributed by atoms with E-state index in [1.165, 1.54) is 17.9 Å². The van der Waals surface area contributed by atoms with Gasteiger partial charge in [0.2, 0.25) is 5.91 Å². The second-order valence-corrected chi connectivity index (χ2v) is 7.72. The predicted octanol–water partition coefficient (Wildman–Crippen LogP) is 2.14. The zero-order chi connectivity index (χ0) is 18.8. The summed E-state index contributed by atoms with van der Waals surface area (Å²) >= 11 is 1.31. The van der Waals surface area contributed by atoms with Crippen molar-refractivity contribution in [1.29, 1.82) is 0 Å². The largest absolute Gasteiger partial charge is 0.355 e. The van der Waals surface area contributed by atoms with E-state index in [9.17, 15) is 4.79 Å². The van der Waals surface area contributed by atoms with Crippen LogP contribution in [0, 0.1) is 12.8 Å². The number of aryl methyl sites for hydroxylation is 1. The Bertz CT molecular complexity index is 904. The van der Waals surface area contributed by atoms with Crippen molar-refractivity contribution in [1.82, 2.24) is 34.4 Å². The first-order valence-corrected chi connectivity index (χ1v) is 9.76. The third kappa shape index (κ3) is 3.75. The van der Waals surface area contributed by atoms with E-state index in [4.69, 9.17) is 4.52 Å². The SMILES string of the molecule is Cc1cc(-c2snnc2C2CCCN(C(=O)C(C)Cn3cncn3)C2)on1. The lowest BCUT2D eigenvalue weighted by atomic mass is 9.93. The fraction of sp³-hybridized carbons (Fsp3) is 0.529. The summed E-state index contributed by atoms with van der Waals surface area (Å²) in [5.74, 6) is 0.826. The van der Waals surface area contributed by atoms with Crippen molar-refractivity contribution in [3.05, 3.63) is 30.1 Å². The zero-order valence-corrected chi connectivity index (χ0v) is 16.1. The molecule has 1 saturated heterocycles. The van der Waals surface area contributed by atoms with Gasteiger partial charge in [0, 0.05) is 25.1 Å². The molecule has 1 fully saturated rings. The molecule has 2 unspecified atom stereocenters. The fourth-order valence-corrected chi connectivity index (χ4v) is 4.20. The van der Waals surface area contributed by atoms with Crippen molar-refractivity contribution < 1.29 is 9.32 Å². The molecule has 2 atom stereocenters. The van der Waals surface area contributed by atoms with Crippen LogP contribution in [0.1, 0.15) is 37.1 Å². The van der Waals surface area contributed by atoms with Crippen molar-refractivity contribution >= 4 is 17.4 Å². The summed E-state index contributed by atoms with van der Waals surface area (Å²) < 4.78 is 11.2. The number of amides is 1. The molecule has 1 amide bonds. The van der Waals surface area contributed by atoms with Gasteiger partial charge in [-0.15, -0.1) is 5.10 Å². The van der Waals surface area contributed by atoms with Crippen molar-refractivity contribution in [3.63, 3.8) is 0 Å². The Balaban J connectivity index is 1.47. The van der Waals surface area contributed by atoms with Gasteiger partial charge < -0.3 is 9.42 Å². The molecule has 9 nitrogen and oxygen atoms in total. The fourth-order valence-electron chi connectivity index (χ4n) is 3.50. The second-order valence-electron chi connectivity index (χ2n) is 6.96. The maximum absolute atomic E-state index is 12.9. The molecule has 1 aliphatic rings. The summed E-state index contributed by atoms with van der Waals surface area (Å²) in [5, 5.41) is 12.4. The summed E-state index contributed by atoms with van der Waals surface area (Å²) in [5.41, 5.74) is 1.73. The van der Waals surface area contributed by atoms with E-state index in [1.54, 1.807) is 11.0 Å². The van der Waals surface area contributed by atoms with Crippen LogP contribution in [0.15, 0.2) is 23.2 Å². The lowest BCUT2D eigenvalue weighted by Crippen LogP contribution is -2.42. The van der Waals surface area contributed by atoms with Crippen LogP contribution in [0.4, 0.5) is 0 Å². The number of carbonyl (C=O) groups is 1. The zero-order valence-electron chi connectivity index (χ0n) is 15.3. The number of nitrogens with zero attached hydrogens (tertiary/aromatic N) is 7. The third-order valence-electron chi connectivity index (χ3n) is 4.83. The molecular formula is C17H21N7O2S. The van der Waals surface area contributed by atoms with Crippen LogP contribution in [0.2, 0.25) is 0 Å². The standard InChI is InChI=1S/C17H21N7O2S/c1-11(7-24-10-18-9-19-24)17(25)23-5-3-4-13(8-23)15-16(27-22-20-15)14-6-12(2)21-26-14/h6,9-11,13H,3-5,7-8H2,1-2H3. The van der Waals surface area contributed by atoms with Crippen LogP contribution >= 0.6 is 11.5 Å². The summed E-state index contributed by atoms with van der Waals surface area (Å²) in [6.07, 6.45) is 5.04. The molecule has 3 aromatic heterocycles. The first-order chi connectivity index (χ1) is 13.1. The highest BCUT2D eigenvalue weighted by molar-refractivity contribution is 7.09. The Morgan fingerprint density at radius 3 is 3.11 bits per heavy atom. The van der Waals surface area contributed by atoms with Gasteiger partial charge in [-0.2, -0.15) is 5.10 Å². The first kappa shape index (κ1) is 17.8. The number of aromatic nitrogens is 6. The van der Waals surface area contributed by atoms with Crippen LogP contribution in [0.5, 0.6) is 0 Å². The van der Waals surface area contributed by atoms with Gasteiger partial charge in [-0.1, -0.05) is 16.6 Å². The summed E-state index contributed by atoms with van der Waals surface area (Å²) in [7, 11) is 0. The van der Waals surface area contributed by atoms with Gasteiger partial charge in [0.05, 0.1) is 23.9 Å². The van der Waals surface area contributed by atoms with Gasteiger partial charge in [0.1, 0.15) is 17.5 Å². The normalized spacial score (nSPS) is 18.6. The number of hydrogen-bond acceptors (Lipinski definition) is 8. The monoisotopic (exact) mass is 387 g/mol. The molecule has 1 aliphatic heterocycles. The Hall–Kier alpha value is -2.62. The minimum atomic E-state index is -0.157. The van der Waals surface area contributed by atoms with Crippen LogP contribution in [0.3, 0.4) is 0 Å². The molecule has 4 rings (SSSR count). The van der Waals surface area contributed by atoms with E-state index in [0.717, 1.165) is 35.7 Å². The van der Waals surface area contributed by atoms with Crippen molar-refractivity contribution in [2.24, 2.45) is 5.92 Å². The van der Waals surface area contributed by atoms with Gasteiger partial charge >= 0.3 is 0 Å². The highest BCUT2D eigenvalue weighted by Gasteiger charge is 2.31. The van der Waals surface area contributed by atoms with E-state index >= 15 is 0 Å². The highest BCUT2D eigenvalue weighted by Crippen LogP contribution is 2.35. The Morgan fingerprint density at radius 1 is 1.48 bits per heavy atom. The van der Waals surface area contributed by atoms with Gasteiger partial charge in [0.15, 0.2) is 5.76 Å². The van der Waals surface area contributed by atoms with E-state index in [1.807, 2.05) is 24.8 Å². The second kappa shape index (κ2) is 7.55. The molecule has 0 spiro atoms. The molecule has 0 aliphatic carbocycles. The topological polar surface area (TPSA) is 103 Å². The average molecular weight is 387 g/mol. The summed E-state index contributed by atoms with van der Waals surface area (Å²) in [4.78, 5) is 19.7. The molecule has 0 N–H and O–H groups in total. The molecule has 4 heterocycles. The van der Waals surface area contributed by atoms with Crippen molar-refractivity contribution in [2.45, 2.75) is 39.2 Å². The maximum atomic E-state index is 12.9. The lowest BCUT2D eigenvalue weighted by Gasteiger charge is -2.33. The van der Waals surface area contributed by atoms with Crippen LogP contribution in [0.25, 0.3) is 10.6 Å². The minimum absolute atomic E-state index is 0.135. The predicted molar refractivity (Wildman–Crippen MR) is 97.9 cm³/mol. The number of likely N-dealkylation sites (tertiary alicyclic amines) is 1. The molecule has 142 valence electrons. The molecule has 0 saturated carbocycles. The molecule has 0 radical (unpaired) electrons. The van der Waals surface area contributed by atoms with E-state index < -0.39 is 0 Å². The third-order valence-corrected chi connectivity index (χ3v) is 5.59. The van der Waals surface area contributed by atoms with E-state index in [-0.39, 0.29) is 17.7 Å². The Labute approximate surface area is 160 Å². The Morgan fingerprint density at radius 2 is 2.37 bits per heavy atom. The van der Waals surface area contributed by atoms with E-state index in [2.05, 4.69) is 24.8 Å². The molecule has 27 heavy (non-hydrogen) atoms. The van der Waals surface area contributed by atoms with Crippen LogP contribution in [-0.4, -0.2) is 53.4 Å². The number of carbonyl (C=O) groups excluding carboxylic acids is 1. The molecule has 3 aromatic rings. The van der Waals surface area contributed by atoms with E-state index in [0.29, 0.717) is 18.8 Å². The average Bonchev–Trinajstić information content (AvgIpc) is 3.42. The van der Waals surface area contributed by atoms with Gasteiger partial charge in [-0.25, -0.2) is 4.98 Å². The smallest absolute Gasteiger partial charge is 0.227 e. The quantitative estimate of drug-likeness (QED) is 0.661. The molecular weight excluding hydrogens is 366 g/mol. The number of hydrogen-bond donors (Lipinski definition) is 0. The lowest BCUT2D eigenvalue weighted by molar-refractivity contribution is -0.136. The number of piperidine rings is 1.